The van der Waals surface area contributed by atoms with Crippen molar-refractivity contribution in [3.05, 3.63) is 65.2 Å². The summed E-state index contributed by atoms with van der Waals surface area (Å²) in [6.45, 7) is 2.60. The zero-order valence-electron chi connectivity index (χ0n) is 21.6. The number of hydrogen-bond donors (Lipinski definition) is 2. The van der Waals surface area contributed by atoms with Crippen LogP contribution in [0.4, 0.5) is 5.69 Å². The number of aliphatic carboxylic acids is 1. The maximum absolute atomic E-state index is 12.3. The first-order chi connectivity index (χ1) is 17.2. The molecule has 2 N–H and O–H groups in total. The van der Waals surface area contributed by atoms with Crippen molar-refractivity contribution in [2.75, 3.05) is 26.0 Å². The zero-order valence-corrected chi connectivity index (χ0v) is 21.6. The van der Waals surface area contributed by atoms with Gasteiger partial charge in [0, 0.05) is 39.0 Å². The average molecular weight is 495 g/mol. The molecule has 7 heteroatoms. The summed E-state index contributed by atoms with van der Waals surface area (Å²) in [6, 6.07) is 13.7. The van der Waals surface area contributed by atoms with E-state index in [-0.39, 0.29) is 24.7 Å². The van der Waals surface area contributed by atoms with Crippen molar-refractivity contribution in [1.29, 1.82) is 0 Å². The van der Waals surface area contributed by atoms with Crippen molar-refractivity contribution in [2.45, 2.75) is 58.3 Å². The maximum Gasteiger partial charge on any atom is 0.303 e. The van der Waals surface area contributed by atoms with Crippen LogP contribution in [0.1, 0.15) is 61.6 Å². The second kappa shape index (κ2) is 15.4. The number of carboxylic acid groups (broad SMARTS) is 1. The Morgan fingerprint density at radius 2 is 1.72 bits per heavy atom. The second-order valence-corrected chi connectivity index (χ2v) is 9.06. The van der Waals surface area contributed by atoms with Crippen LogP contribution in [0.15, 0.2) is 48.5 Å². The number of nitrogens with zero attached hydrogens (tertiary/aromatic N) is 1. The predicted molar refractivity (Wildman–Crippen MR) is 143 cm³/mol. The number of allylic oxidation sites excluding steroid dienone is 1. The van der Waals surface area contributed by atoms with Crippen LogP contribution < -0.4 is 10.1 Å². The Kier molecular flexibility index (Phi) is 12.2. The largest absolute Gasteiger partial charge is 0.493 e. The van der Waals surface area contributed by atoms with Gasteiger partial charge in [-0.2, -0.15) is 0 Å². The quantitative estimate of drug-likeness (QED) is 0.320. The van der Waals surface area contributed by atoms with Crippen molar-refractivity contribution in [1.82, 2.24) is 4.90 Å². The van der Waals surface area contributed by atoms with Gasteiger partial charge in [0.1, 0.15) is 5.75 Å². The summed E-state index contributed by atoms with van der Waals surface area (Å²) >= 11 is 0. The molecule has 0 fully saturated rings. The van der Waals surface area contributed by atoms with Crippen molar-refractivity contribution in [3.8, 4) is 5.75 Å². The third-order valence-electron chi connectivity index (χ3n) is 5.66. The van der Waals surface area contributed by atoms with Crippen molar-refractivity contribution in [2.24, 2.45) is 0 Å². The fourth-order valence-corrected chi connectivity index (χ4v) is 3.53. The molecule has 0 aliphatic carbocycles. The van der Waals surface area contributed by atoms with Gasteiger partial charge in [-0.1, -0.05) is 42.0 Å². The molecular formula is C29H38N2O5. The van der Waals surface area contributed by atoms with E-state index in [1.807, 2.05) is 0 Å². The van der Waals surface area contributed by atoms with E-state index in [1.54, 1.807) is 32.3 Å². The smallest absolute Gasteiger partial charge is 0.303 e. The number of aryl methyl sites for hydroxylation is 2. The topological polar surface area (TPSA) is 95.9 Å². The van der Waals surface area contributed by atoms with Gasteiger partial charge in [-0.15, -0.1) is 0 Å². The third kappa shape index (κ3) is 11.2. The number of unbranched alkanes of at least 4 members (excludes halogenated alkanes) is 2. The standard InChI is InChI=1S/C29H38N2O5/c1-22-12-14-23(15-13-22)9-6-4-5-7-20-36-26-18-17-25(21-24(26)16-19-29(34)35)30-27(32)10-8-11-28(33)31(2)3/h6,9,12-15,17-18,21H,4-5,7-8,10-11,16,19-20H2,1-3H3,(H,30,32)(H,34,35)/b9-6+. The highest BCUT2D eigenvalue weighted by atomic mass is 16.5. The van der Waals surface area contributed by atoms with Crippen LogP contribution in [-0.4, -0.2) is 48.5 Å². The van der Waals surface area contributed by atoms with Gasteiger partial charge >= 0.3 is 5.97 Å². The molecule has 0 bridgehead atoms. The van der Waals surface area contributed by atoms with Crippen LogP contribution in [0.5, 0.6) is 5.75 Å². The maximum atomic E-state index is 12.3. The van der Waals surface area contributed by atoms with Gasteiger partial charge in [-0.25, -0.2) is 0 Å². The Bertz CT molecular complexity index is 1030. The lowest BCUT2D eigenvalue weighted by Gasteiger charge is -2.14. The van der Waals surface area contributed by atoms with Crippen LogP contribution in [-0.2, 0) is 20.8 Å². The number of ether oxygens (including phenoxy) is 1. The summed E-state index contributed by atoms with van der Waals surface area (Å²) < 4.78 is 5.95. The van der Waals surface area contributed by atoms with Crippen LogP contribution in [0, 0.1) is 6.92 Å². The molecule has 0 atom stereocenters. The number of nitrogens with one attached hydrogen (secondary N) is 1. The summed E-state index contributed by atoms with van der Waals surface area (Å²) in [7, 11) is 3.38. The molecule has 0 saturated carbocycles. The molecule has 0 saturated heterocycles. The first-order valence-corrected chi connectivity index (χ1v) is 12.5. The van der Waals surface area contributed by atoms with E-state index in [0.717, 1.165) is 24.8 Å². The van der Waals surface area contributed by atoms with E-state index in [2.05, 4.69) is 48.7 Å². The molecule has 7 nitrogen and oxygen atoms in total. The van der Waals surface area contributed by atoms with E-state index in [9.17, 15) is 14.4 Å². The fraction of sp³-hybridized carbons (Fsp3) is 0.414. The van der Waals surface area contributed by atoms with E-state index in [0.29, 0.717) is 37.3 Å². The number of benzene rings is 2. The summed E-state index contributed by atoms with van der Waals surface area (Å²) in [4.78, 5) is 36.5. The van der Waals surface area contributed by atoms with Crippen LogP contribution >= 0.6 is 0 Å². The van der Waals surface area contributed by atoms with E-state index in [4.69, 9.17) is 9.84 Å². The van der Waals surface area contributed by atoms with E-state index in [1.165, 1.54) is 16.0 Å². The van der Waals surface area contributed by atoms with Crippen molar-refractivity contribution >= 4 is 29.5 Å². The number of carboxylic acids is 1. The normalized spacial score (nSPS) is 10.9. The number of rotatable bonds is 15. The van der Waals surface area contributed by atoms with Gasteiger partial charge < -0.3 is 20.1 Å². The highest BCUT2D eigenvalue weighted by Gasteiger charge is 2.11. The van der Waals surface area contributed by atoms with Crippen LogP contribution in [0.2, 0.25) is 0 Å². The van der Waals surface area contributed by atoms with Gasteiger partial charge in [0.2, 0.25) is 11.8 Å². The lowest BCUT2D eigenvalue weighted by Crippen LogP contribution is -2.21. The van der Waals surface area contributed by atoms with Gasteiger partial charge in [-0.3, -0.25) is 14.4 Å². The molecule has 0 spiro atoms. The minimum absolute atomic E-state index is 0.0115. The van der Waals surface area contributed by atoms with E-state index < -0.39 is 5.97 Å². The molecule has 0 aliphatic rings. The Labute approximate surface area is 214 Å². The summed E-state index contributed by atoms with van der Waals surface area (Å²) in [5.41, 5.74) is 3.77. The van der Waals surface area contributed by atoms with Crippen LogP contribution in [0.25, 0.3) is 6.08 Å². The Morgan fingerprint density at radius 1 is 0.972 bits per heavy atom. The highest BCUT2D eigenvalue weighted by Crippen LogP contribution is 2.25. The Balaban J connectivity index is 1.83. The average Bonchev–Trinajstić information content (AvgIpc) is 2.84. The highest BCUT2D eigenvalue weighted by molar-refractivity contribution is 5.91. The monoisotopic (exact) mass is 494 g/mol. The third-order valence-corrected chi connectivity index (χ3v) is 5.66. The molecule has 0 radical (unpaired) electrons. The zero-order chi connectivity index (χ0) is 26.3. The molecule has 2 amide bonds. The molecule has 0 heterocycles. The first kappa shape index (κ1) is 28.6. The summed E-state index contributed by atoms with van der Waals surface area (Å²) in [5.74, 6) is -0.442. The van der Waals surface area contributed by atoms with E-state index >= 15 is 0 Å². The van der Waals surface area contributed by atoms with Gasteiger partial charge in [0.25, 0.3) is 0 Å². The summed E-state index contributed by atoms with van der Waals surface area (Å²) in [6.07, 6.45) is 8.41. The molecule has 2 aromatic carbocycles. The van der Waals surface area contributed by atoms with Gasteiger partial charge in [-0.05, 0) is 68.4 Å². The van der Waals surface area contributed by atoms with Crippen molar-refractivity contribution in [3.63, 3.8) is 0 Å². The molecule has 2 rings (SSSR count). The lowest BCUT2D eigenvalue weighted by atomic mass is 10.1. The molecule has 36 heavy (non-hydrogen) atoms. The molecule has 0 aromatic heterocycles. The number of carbonyl (C=O) groups is 3. The fourth-order valence-electron chi connectivity index (χ4n) is 3.53. The molecule has 0 aliphatic heterocycles. The minimum atomic E-state index is -0.888. The number of anilines is 1. The summed E-state index contributed by atoms with van der Waals surface area (Å²) in [5, 5.41) is 11.9. The van der Waals surface area contributed by atoms with Crippen molar-refractivity contribution < 1.29 is 24.2 Å². The van der Waals surface area contributed by atoms with Crippen LogP contribution in [0.3, 0.4) is 0 Å². The predicted octanol–water partition coefficient (Wildman–Crippen LogP) is 5.47. The molecule has 2 aromatic rings. The molecular weight excluding hydrogens is 456 g/mol. The molecule has 194 valence electrons. The first-order valence-electron chi connectivity index (χ1n) is 12.5. The van der Waals surface area contributed by atoms with Gasteiger partial charge in [0.15, 0.2) is 0 Å². The Hall–Kier alpha value is -3.61. The Morgan fingerprint density at radius 3 is 2.42 bits per heavy atom. The van der Waals surface area contributed by atoms with Gasteiger partial charge in [0.05, 0.1) is 6.61 Å². The second-order valence-electron chi connectivity index (χ2n) is 9.06. The number of amides is 2. The number of carbonyl (C=O) groups excluding carboxylic acids is 2. The lowest BCUT2D eigenvalue weighted by molar-refractivity contribution is -0.137. The molecule has 0 unspecified atom stereocenters. The number of hydrogen-bond acceptors (Lipinski definition) is 4. The minimum Gasteiger partial charge on any atom is -0.493 e. The SMILES string of the molecule is Cc1ccc(/C=C/CCCCOc2ccc(NC(=O)CCCC(=O)N(C)C)cc2CCC(=O)O)cc1.